The lowest BCUT2D eigenvalue weighted by Gasteiger charge is -2.45. The molecule has 3 heterocycles. The summed E-state index contributed by atoms with van der Waals surface area (Å²) in [6.45, 7) is 11.3. The lowest BCUT2D eigenvalue weighted by molar-refractivity contribution is -0.157. The number of hydrogen-bond acceptors (Lipinski definition) is 6. The molecule has 0 spiro atoms. The quantitative estimate of drug-likeness (QED) is 0.782. The lowest BCUT2D eigenvalue weighted by Crippen LogP contribution is -2.60. The van der Waals surface area contributed by atoms with Gasteiger partial charge in [0.05, 0.1) is 17.1 Å². The fourth-order valence-electron chi connectivity index (χ4n) is 3.76. The number of carbonyl (C=O) groups is 1. The zero-order chi connectivity index (χ0) is 18.9. The maximum atomic E-state index is 13.1. The SMILES string of the molecule is CCCCC1(C)SC(C)(C)C(=O)N1N1CCN(c2ncc(F)cn2)CC1. The molecule has 0 N–H and O–H groups in total. The van der Waals surface area contributed by atoms with Gasteiger partial charge in [0.1, 0.15) is 4.87 Å². The molecule has 1 unspecified atom stereocenters. The topological polar surface area (TPSA) is 52.6 Å². The third-order valence-corrected chi connectivity index (χ3v) is 6.55. The van der Waals surface area contributed by atoms with Gasteiger partial charge in [0.25, 0.3) is 5.91 Å². The fraction of sp³-hybridized carbons (Fsp3) is 0.722. The summed E-state index contributed by atoms with van der Waals surface area (Å²) < 4.78 is 12.6. The molecule has 2 aliphatic rings. The Balaban J connectivity index is 1.72. The second-order valence-electron chi connectivity index (χ2n) is 7.65. The molecule has 8 heteroatoms. The van der Waals surface area contributed by atoms with E-state index in [4.69, 9.17) is 0 Å². The Bertz CT molecular complexity index is 647. The van der Waals surface area contributed by atoms with Crippen molar-refractivity contribution >= 4 is 23.6 Å². The lowest BCUT2D eigenvalue weighted by atomic mass is 10.1. The van der Waals surface area contributed by atoms with Crippen LogP contribution in [0.3, 0.4) is 0 Å². The van der Waals surface area contributed by atoms with Crippen molar-refractivity contribution in [1.29, 1.82) is 0 Å². The molecule has 0 saturated carbocycles. The van der Waals surface area contributed by atoms with Gasteiger partial charge in [-0.25, -0.2) is 19.4 Å². The van der Waals surface area contributed by atoms with Gasteiger partial charge < -0.3 is 4.90 Å². The van der Waals surface area contributed by atoms with Crippen LogP contribution in [0.5, 0.6) is 0 Å². The number of amides is 1. The van der Waals surface area contributed by atoms with Gasteiger partial charge in [0.15, 0.2) is 5.82 Å². The van der Waals surface area contributed by atoms with Crippen LogP contribution < -0.4 is 4.90 Å². The molecule has 2 saturated heterocycles. The van der Waals surface area contributed by atoms with Crippen molar-refractivity contribution in [2.45, 2.75) is 56.6 Å². The minimum atomic E-state index is -0.430. The zero-order valence-electron chi connectivity index (χ0n) is 16.0. The van der Waals surface area contributed by atoms with Crippen LogP contribution in [-0.2, 0) is 4.79 Å². The molecule has 3 rings (SSSR count). The van der Waals surface area contributed by atoms with Gasteiger partial charge in [-0.1, -0.05) is 19.8 Å². The van der Waals surface area contributed by atoms with Crippen molar-refractivity contribution in [1.82, 2.24) is 20.0 Å². The van der Waals surface area contributed by atoms with E-state index < -0.39 is 10.6 Å². The van der Waals surface area contributed by atoms with Gasteiger partial charge in [-0.05, 0) is 27.2 Å². The van der Waals surface area contributed by atoms with Crippen LogP contribution in [0.25, 0.3) is 0 Å². The maximum Gasteiger partial charge on any atom is 0.253 e. The van der Waals surface area contributed by atoms with Gasteiger partial charge in [0, 0.05) is 26.2 Å². The number of hydrazine groups is 1. The Kier molecular flexibility index (Phi) is 5.44. The van der Waals surface area contributed by atoms with E-state index in [0.29, 0.717) is 19.0 Å². The molecular weight excluding hydrogens is 353 g/mol. The first-order valence-electron chi connectivity index (χ1n) is 9.29. The maximum absolute atomic E-state index is 13.1. The number of halogens is 1. The predicted octanol–water partition coefficient (Wildman–Crippen LogP) is 2.91. The Morgan fingerprint density at radius 3 is 2.35 bits per heavy atom. The molecule has 0 aliphatic carbocycles. The summed E-state index contributed by atoms with van der Waals surface area (Å²) in [5.74, 6) is 0.302. The van der Waals surface area contributed by atoms with Crippen LogP contribution in [0.1, 0.15) is 47.0 Å². The van der Waals surface area contributed by atoms with Gasteiger partial charge in [-0.3, -0.25) is 9.80 Å². The monoisotopic (exact) mass is 381 g/mol. The molecule has 0 aromatic carbocycles. The average Bonchev–Trinajstić information content (AvgIpc) is 2.79. The smallest absolute Gasteiger partial charge is 0.253 e. The highest BCUT2D eigenvalue weighted by Gasteiger charge is 2.55. The first-order valence-corrected chi connectivity index (χ1v) is 10.1. The van der Waals surface area contributed by atoms with Gasteiger partial charge in [0.2, 0.25) is 5.95 Å². The highest BCUT2D eigenvalue weighted by atomic mass is 32.2. The van der Waals surface area contributed by atoms with E-state index >= 15 is 0 Å². The van der Waals surface area contributed by atoms with Crippen LogP contribution in [0.2, 0.25) is 0 Å². The molecule has 2 fully saturated rings. The number of hydrogen-bond donors (Lipinski definition) is 0. The standard InChI is InChI=1S/C18H28FN5OS/c1-5-6-7-18(4)24(15(25)17(2,3)26-18)23-10-8-22(9-11-23)16-20-12-14(19)13-21-16/h12-13H,5-11H2,1-4H3. The van der Waals surface area contributed by atoms with E-state index in [2.05, 4.69) is 28.8 Å². The van der Waals surface area contributed by atoms with Gasteiger partial charge in [-0.15, -0.1) is 11.8 Å². The fourth-order valence-corrected chi connectivity index (χ4v) is 5.56. The van der Waals surface area contributed by atoms with E-state index in [1.807, 2.05) is 23.8 Å². The molecule has 2 aliphatic heterocycles. The van der Waals surface area contributed by atoms with E-state index in [1.165, 1.54) is 12.4 Å². The Morgan fingerprint density at radius 1 is 1.15 bits per heavy atom. The van der Waals surface area contributed by atoms with Crippen LogP contribution in [-0.4, -0.2) is 61.7 Å². The predicted molar refractivity (Wildman–Crippen MR) is 102 cm³/mol. The molecular formula is C18H28FN5OS. The molecule has 1 amide bonds. The van der Waals surface area contributed by atoms with Crippen molar-refractivity contribution in [2.75, 3.05) is 31.1 Å². The van der Waals surface area contributed by atoms with Crippen LogP contribution in [0.15, 0.2) is 12.4 Å². The summed E-state index contributed by atoms with van der Waals surface area (Å²) in [6, 6.07) is 0. The van der Waals surface area contributed by atoms with E-state index in [0.717, 1.165) is 32.4 Å². The van der Waals surface area contributed by atoms with Crippen LogP contribution >= 0.6 is 11.8 Å². The van der Waals surface area contributed by atoms with Crippen LogP contribution in [0.4, 0.5) is 10.3 Å². The second kappa shape index (κ2) is 7.31. The average molecular weight is 382 g/mol. The highest BCUT2D eigenvalue weighted by Crippen LogP contribution is 2.51. The first-order chi connectivity index (χ1) is 12.3. The number of carbonyl (C=O) groups excluding carboxylic acids is 1. The summed E-state index contributed by atoms with van der Waals surface area (Å²) in [5.41, 5.74) is 0. The number of unbranched alkanes of at least 4 members (excludes halogenated alkanes) is 1. The summed E-state index contributed by atoms with van der Waals surface area (Å²) in [5, 5.41) is 4.19. The second-order valence-corrected chi connectivity index (χ2v) is 9.75. The summed E-state index contributed by atoms with van der Waals surface area (Å²) in [7, 11) is 0. The molecule has 1 aromatic rings. The largest absolute Gasteiger partial charge is 0.338 e. The van der Waals surface area contributed by atoms with Crippen molar-refractivity contribution in [3.05, 3.63) is 18.2 Å². The van der Waals surface area contributed by atoms with E-state index in [9.17, 15) is 9.18 Å². The van der Waals surface area contributed by atoms with Gasteiger partial charge in [-0.2, -0.15) is 0 Å². The van der Waals surface area contributed by atoms with Crippen LogP contribution in [0, 0.1) is 5.82 Å². The molecule has 144 valence electrons. The number of thioether (sulfide) groups is 1. The molecule has 1 atom stereocenters. The summed E-state index contributed by atoms with van der Waals surface area (Å²) in [6.07, 6.45) is 5.60. The normalized spacial score (nSPS) is 26.6. The Hall–Kier alpha value is -1.41. The minimum absolute atomic E-state index is 0.188. The Labute approximate surface area is 159 Å². The number of anilines is 1. The highest BCUT2D eigenvalue weighted by molar-refractivity contribution is 8.03. The molecule has 6 nitrogen and oxygen atoms in total. The third kappa shape index (κ3) is 3.67. The van der Waals surface area contributed by atoms with Crippen molar-refractivity contribution in [2.24, 2.45) is 0 Å². The first kappa shape index (κ1) is 19.4. The van der Waals surface area contributed by atoms with Crippen molar-refractivity contribution in [3.63, 3.8) is 0 Å². The summed E-state index contributed by atoms with van der Waals surface area (Å²) in [4.78, 5) is 23.1. The number of aromatic nitrogens is 2. The Morgan fingerprint density at radius 2 is 1.77 bits per heavy atom. The van der Waals surface area contributed by atoms with E-state index in [1.54, 1.807) is 11.8 Å². The minimum Gasteiger partial charge on any atom is -0.338 e. The van der Waals surface area contributed by atoms with E-state index in [-0.39, 0.29) is 10.8 Å². The van der Waals surface area contributed by atoms with Crippen molar-refractivity contribution in [3.8, 4) is 0 Å². The molecule has 26 heavy (non-hydrogen) atoms. The van der Waals surface area contributed by atoms with Gasteiger partial charge >= 0.3 is 0 Å². The summed E-state index contributed by atoms with van der Waals surface area (Å²) >= 11 is 1.77. The van der Waals surface area contributed by atoms with Crippen molar-refractivity contribution < 1.29 is 9.18 Å². The molecule has 0 radical (unpaired) electrons. The molecule has 0 bridgehead atoms. The molecule has 1 aromatic heterocycles. The zero-order valence-corrected chi connectivity index (χ0v) is 16.9. The number of piperazine rings is 1. The number of nitrogens with zero attached hydrogens (tertiary/aromatic N) is 5. The third-order valence-electron chi connectivity index (χ3n) is 5.05. The number of rotatable bonds is 5.